The van der Waals surface area contributed by atoms with E-state index in [4.69, 9.17) is 20.8 Å². The van der Waals surface area contributed by atoms with Crippen molar-refractivity contribution in [3.05, 3.63) is 110 Å². The summed E-state index contributed by atoms with van der Waals surface area (Å²) in [5.74, 6) is 0.466. The first-order valence-corrected chi connectivity index (χ1v) is 10.6. The molecule has 1 aliphatic heterocycles. The summed E-state index contributed by atoms with van der Waals surface area (Å²) >= 11 is 6.13. The zero-order chi connectivity index (χ0) is 22.4. The van der Waals surface area contributed by atoms with E-state index in [0.29, 0.717) is 33.8 Å². The molecule has 0 spiro atoms. The largest absolute Gasteiger partial charge is 0.497 e. The fourth-order valence-corrected chi connectivity index (χ4v) is 4.35. The third-order valence-corrected chi connectivity index (χ3v) is 6.07. The lowest BCUT2D eigenvalue weighted by Gasteiger charge is -2.25. The van der Waals surface area contributed by atoms with Crippen molar-refractivity contribution in [2.75, 3.05) is 7.11 Å². The molecule has 0 saturated heterocycles. The summed E-state index contributed by atoms with van der Waals surface area (Å²) in [6.07, 6.45) is 0. The van der Waals surface area contributed by atoms with Gasteiger partial charge >= 0.3 is 0 Å². The van der Waals surface area contributed by atoms with Gasteiger partial charge in [0.15, 0.2) is 5.43 Å². The maximum Gasteiger partial charge on any atom is 0.291 e. The van der Waals surface area contributed by atoms with Gasteiger partial charge in [0.1, 0.15) is 11.3 Å². The van der Waals surface area contributed by atoms with Crippen molar-refractivity contribution >= 4 is 28.5 Å². The Hall–Kier alpha value is -3.57. The number of carbonyl (C=O) groups excluding carboxylic acids is 1. The Morgan fingerprint density at radius 1 is 1.00 bits per heavy atom. The molecule has 1 aliphatic rings. The number of methoxy groups -OCH3 is 1. The molecule has 0 N–H and O–H groups in total. The molecule has 0 fully saturated rings. The Morgan fingerprint density at radius 2 is 1.72 bits per heavy atom. The van der Waals surface area contributed by atoms with Gasteiger partial charge in [-0.3, -0.25) is 9.59 Å². The smallest absolute Gasteiger partial charge is 0.291 e. The molecule has 32 heavy (non-hydrogen) atoms. The van der Waals surface area contributed by atoms with Gasteiger partial charge in [-0.1, -0.05) is 53.6 Å². The van der Waals surface area contributed by atoms with Gasteiger partial charge in [0.2, 0.25) is 5.76 Å². The van der Waals surface area contributed by atoms with Crippen molar-refractivity contribution in [3.63, 3.8) is 0 Å². The van der Waals surface area contributed by atoms with Crippen LogP contribution in [0.25, 0.3) is 11.0 Å². The van der Waals surface area contributed by atoms with Crippen LogP contribution in [0.5, 0.6) is 5.75 Å². The minimum Gasteiger partial charge on any atom is -0.497 e. The number of hydrogen-bond donors (Lipinski definition) is 0. The van der Waals surface area contributed by atoms with Crippen LogP contribution in [-0.4, -0.2) is 17.9 Å². The predicted octanol–water partition coefficient (Wildman–Crippen LogP) is 5.51. The SMILES string of the molecule is COc1ccc(C2c3c(oc4ccc(Cl)cc4c3=O)C(=O)N2Cc2ccc(C)cc2)cc1. The first-order valence-electron chi connectivity index (χ1n) is 10.2. The number of nitrogens with zero attached hydrogens (tertiary/aromatic N) is 1. The summed E-state index contributed by atoms with van der Waals surface area (Å²) in [6, 6.07) is 19.6. The molecular formula is C26H20ClNO4. The fraction of sp³-hybridized carbons (Fsp3) is 0.154. The second-order valence-electron chi connectivity index (χ2n) is 7.91. The average Bonchev–Trinajstić information content (AvgIpc) is 3.08. The fourth-order valence-electron chi connectivity index (χ4n) is 4.18. The third-order valence-electron chi connectivity index (χ3n) is 5.83. The maximum absolute atomic E-state index is 13.5. The van der Waals surface area contributed by atoms with Gasteiger partial charge in [-0.2, -0.15) is 0 Å². The highest BCUT2D eigenvalue weighted by Crippen LogP contribution is 2.39. The van der Waals surface area contributed by atoms with Crippen LogP contribution in [0, 0.1) is 6.92 Å². The molecule has 6 heteroatoms. The number of hydrogen-bond acceptors (Lipinski definition) is 4. The topological polar surface area (TPSA) is 59.8 Å². The van der Waals surface area contributed by atoms with Crippen molar-refractivity contribution in [1.82, 2.24) is 4.90 Å². The number of fused-ring (bicyclic) bond motifs is 2. The Morgan fingerprint density at radius 3 is 2.41 bits per heavy atom. The Balaban J connectivity index is 1.70. The predicted molar refractivity (Wildman–Crippen MR) is 123 cm³/mol. The first-order chi connectivity index (χ1) is 15.5. The van der Waals surface area contributed by atoms with E-state index in [1.165, 1.54) is 0 Å². The molecule has 0 saturated carbocycles. The zero-order valence-corrected chi connectivity index (χ0v) is 18.3. The van der Waals surface area contributed by atoms with Crippen molar-refractivity contribution in [2.45, 2.75) is 19.5 Å². The van der Waals surface area contributed by atoms with Crippen molar-refractivity contribution in [2.24, 2.45) is 0 Å². The monoisotopic (exact) mass is 445 g/mol. The molecule has 1 aromatic heterocycles. The van der Waals surface area contributed by atoms with E-state index in [1.54, 1.807) is 30.2 Å². The molecule has 2 heterocycles. The average molecular weight is 446 g/mol. The summed E-state index contributed by atoms with van der Waals surface area (Å²) in [7, 11) is 1.59. The van der Waals surface area contributed by atoms with Crippen LogP contribution in [0.2, 0.25) is 5.02 Å². The van der Waals surface area contributed by atoms with Gasteiger partial charge in [-0.25, -0.2) is 0 Å². The van der Waals surface area contributed by atoms with Gasteiger partial charge in [-0.15, -0.1) is 0 Å². The molecule has 1 atom stereocenters. The zero-order valence-electron chi connectivity index (χ0n) is 17.6. The van der Waals surface area contributed by atoms with E-state index < -0.39 is 6.04 Å². The lowest BCUT2D eigenvalue weighted by molar-refractivity contribution is 0.0714. The highest BCUT2D eigenvalue weighted by Gasteiger charge is 2.42. The molecule has 5 nitrogen and oxygen atoms in total. The molecule has 3 aromatic carbocycles. The number of benzene rings is 3. The van der Waals surface area contributed by atoms with Crippen LogP contribution in [0.3, 0.4) is 0 Å². The molecular weight excluding hydrogens is 426 g/mol. The molecule has 0 aliphatic carbocycles. The van der Waals surface area contributed by atoms with Gasteiger partial charge in [0.05, 0.1) is 24.1 Å². The highest BCUT2D eigenvalue weighted by atomic mass is 35.5. The van der Waals surface area contributed by atoms with E-state index >= 15 is 0 Å². The summed E-state index contributed by atoms with van der Waals surface area (Å²) < 4.78 is 11.2. The van der Waals surface area contributed by atoms with Crippen molar-refractivity contribution in [1.29, 1.82) is 0 Å². The van der Waals surface area contributed by atoms with E-state index in [1.807, 2.05) is 55.5 Å². The number of carbonyl (C=O) groups is 1. The van der Waals surface area contributed by atoms with E-state index in [0.717, 1.165) is 16.7 Å². The molecule has 4 aromatic rings. The lowest BCUT2D eigenvalue weighted by atomic mass is 9.98. The Labute approximate surface area is 189 Å². The molecule has 0 radical (unpaired) electrons. The van der Waals surface area contributed by atoms with E-state index in [9.17, 15) is 9.59 Å². The Kier molecular flexibility index (Phi) is 4.98. The summed E-state index contributed by atoms with van der Waals surface area (Å²) in [6.45, 7) is 2.36. The maximum atomic E-state index is 13.5. The first kappa shape index (κ1) is 20.3. The minimum atomic E-state index is -0.579. The lowest BCUT2D eigenvalue weighted by Crippen LogP contribution is -2.29. The van der Waals surface area contributed by atoms with Gasteiger partial charge in [0, 0.05) is 11.6 Å². The van der Waals surface area contributed by atoms with E-state index in [-0.39, 0.29) is 17.1 Å². The van der Waals surface area contributed by atoms with E-state index in [2.05, 4.69) is 0 Å². The standard InChI is InChI=1S/C26H20ClNO4/c1-15-3-5-16(6-4-15)14-28-23(17-7-10-19(31-2)11-8-17)22-24(29)20-13-18(27)9-12-21(20)32-25(22)26(28)30/h3-13,23H,14H2,1-2H3. The number of ether oxygens (including phenoxy) is 1. The van der Waals surface area contributed by atoms with Crippen molar-refractivity contribution in [3.8, 4) is 5.75 Å². The van der Waals surface area contributed by atoms with Crippen LogP contribution < -0.4 is 10.2 Å². The van der Waals surface area contributed by atoms with Crippen LogP contribution in [0.15, 0.2) is 75.9 Å². The van der Waals surface area contributed by atoms with Gasteiger partial charge < -0.3 is 14.1 Å². The second kappa shape index (κ2) is 7.84. The summed E-state index contributed by atoms with van der Waals surface area (Å²) in [4.78, 5) is 28.7. The van der Waals surface area contributed by atoms with Gasteiger partial charge in [-0.05, 0) is 48.4 Å². The number of rotatable bonds is 4. The van der Waals surface area contributed by atoms with Crippen LogP contribution in [0.4, 0.5) is 0 Å². The number of aryl methyl sites for hydroxylation is 1. The summed E-state index contributed by atoms with van der Waals surface area (Å²) in [5.41, 5.74) is 3.34. The van der Waals surface area contributed by atoms with Crippen LogP contribution in [0.1, 0.15) is 38.9 Å². The highest BCUT2D eigenvalue weighted by molar-refractivity contribution is 6.31. The third kappa shape index (κ3) is 3.35. The molecule has 1 amide bonds. The number of halogens is 1. The quantitative estimate of drug-likeness (QED) is 0.415. The normalized spacial score (nSPS) is 15.3. The van der Waals surface area contributed by atoms with Crippen LogP contribution >= 0.6 is 11.6 Å². The number of amides is 1. The van der Waals surface area contributed by atoms with Crippen LogP contribution in [-0.2, 0) is 6.54 Å². The molecule has 0 bridgehead atoms. The second-order valence-corrected chi connectivity index (χ2v) is 8.35. The molecule has 1 unspecified atom stereocenters. The Bertz CT molecular complexity index is 1390. The minimum absolute atomic E-state index is 0.0813. The molecule has 160 valence electrons. The van der Waals surface area contributed by atoms with Gasteiger partial charge in [0.25, 0.3) is 5.91 Å². The van der Waals surface area contributed by atoms with Crippen molar-refractivity contribution < 1.29 is 13.9 Å². The summed E-state index contributed by atoms with van der Waals surface area (Å²) in [5, 5.41) is 0.798. The molecule has 5 rings (SSSR count).